The average Bonchev–Trinajstić information content (AvgIpc) is 3.62. The van der Waals surface area contributed by atoms with Crippen molar-refractivity contribution in [3.8, 4) is 35.4 Å². The van der Waals surface area contributed by atoms with Crippen LogP contribution in [0.2, 0.25) is 0 Å². The van der Waals surface area contributed by atoms with Crippen LogP contribution in [0.5, 0.6) is 11.8 Å². The number of piperidine rings is 1. The smallest absolute Gasteiger partial charge is 0.319 e. The Kier molecular flexibility index (Phi) is 8.91. The lowest BCUT2D eigenvalue weighted by atomic mass is 9.96. The monoisotopic (exact) mass is 739 g/mol. The Hall–Kier alpha value is -4.83. The van der Waals surface area contributed by atoms with E-state index in [0.29, 0.717) is 62.2 Å². The van der Waals surface area contributed by atoms with Crippen LogP contribution in [0.4, 0.5) is 23.8 Å². The van der Waals surface area contributed by atoms with Gasteiger partial charge in [-0.15, -0.1) is 6.42 Å². The number of pyridine rings is 1. The minimum atomic E-state index is -0.784. The third-order valence-corrected chi connectivity index (χ3v) is 12.3. The van der Waals surface area contributed by atoms with Gasteiger partial charge in [0.1, 0.15) is 34.8 Å². The number of rotatable bonds is 8. The lowest BCUT2D eigenvalue weighted by Crippen LogP contribution is -2.59. The summed E-state index contributed by atoms with van der Waals surface area (Å²) in [4.78, 5) is 33.9. The number of terminal acetylenes is 1. The molecule has 2 amide bonds. The highest BCUT2D eigenvalue weighted by Crippen LogP contribution is 2.47. The van der Waals surface area contributed by atoms with E-state index in [1.54, 1.807) is 0 Å². The Morgan fingerprint density at radius 2 is 1.78 bits per heavy atom. The molecule has 2 N–H and O–H groups in total. The van der Waals surface area contributed by atoms with Gasteiger partial charge in [-0.25, -0.2) is 18.0 Å². The van der Waals surface area contributed by atoms with Crippen molar-refractivity contribution in [2.45, 2.75) is 88.5 Å². The summed E-state index contributed by atoms with van der Waals surface area (Å²) in [5.41, 5.74) is -0.222. The summed E-state index contributed by atoms with van der Waals surface area (Å²) in [6.45, 7) is 3.54. The number of anilines is 1. The van der Waals surface area contributed by atoms with Crippen LogP contribution in [-0.2, 0) is 0 Å². The molecule has 4 aromatic rings. The molecule has 10 nitrogen and oxygen atoms in total. The van der Waals surface area contributed by atoms with Crippen molar-refractivity contribution in [2.75, 3.05) is 44.2 Å². The third-order valence-electron chi connectivity index (χ3n) is 12.3. The number of nitrogens with one attached hydrogen (secondary N) is 1. The number of halogens is 3. The number of nitrogens with zero attached hydrogens (tertiary/aromatic N) is 6. The van der Waals surface area contributed by atoms with E-state index in [9.17, 15) is 18.7 Å². The molecule has 2 unspecified atom stereocenters. The normalized spacial score (nSPS) is 22.9. The second-order valence-electron chi connectivity index (χ2n) is 16.0. The first-order valence-corrected chi connectivity index (χ1v) is 19.3. The summed E-state index contributed by atoms with van der Waals surface area (Å²) < 4.78 is 52.2. The Balaban J connectivity index is 1.08. The molecule has 5 heterocycles. The first-order chi connectivity index (χ1) is 26.2. The lowest BCUT2D eigenvalue weighted by molar-refractivity contribution is 0.107. The number of aromatic nitrogens is 3. The maximum Gasteiger partial charge on any atom is 0.319 e. The number of ether oxygens (including phenoxy) is 1. The van der Waals surface area contributed by atoms with Gasteiger partial charge in [0, 0.05) is 61.3 Å². The van der Waals surface area contributed by atoms with E-state index < -0.39 is 17.8 Å². The second-order valence-corrected chi connectivity index (χ2v) is 16.0. The summed E-state index contributed by atoms with van der Waals surface area (Å²) in [5.74, 6) is 1.26. The van der Waals surface area contributed by atoms with Crippen molar-refractivity contribution in [1.82, 2.24) is 30.1 Å². The molecule has 0 radical (unpaired) electrons. The highest BCUT2D eigenvalue weighted by atomic mass is 19.1. The Labute approximate surface area is 312 Å². The molecule has 2 aromatic carbocycles. The molecule has 5 aliphatic rings. The molecule has 2 aromatic heterocycles. The zero-order chi connectivity index (χ0) is 37.1. The van der Waals surface area contributed by atoms with Gasteiger partial charge in [0.05, 0.1) is 29.6 Å². The number of urea groups is 1. The van der Waals surface area contributed by atoms with Gasteiger partial charge in [-0.05, 0) is 75.0 Å². The quantitative estimate of drug-likeness (QED) is 0.192. The van der Waals surface area contributed by atoms with E-state index in [4.69, 9.17) is 16.1 Å². The molecule has 2 bridgehead atoms. The number of carbonyl (C=O) groups is 1. The predicted molar refractivity (Wildman–Crippen MR) is 199 cm³/mol. The fourth-order valence-corrected chi connectivity index (χ4v) is 9.27. The number of hydrogen-bond acceptors (Lipinski definition) is 8. The highest BCUT2D eigenvalue weighted by Gasteiger charge is 2.46. The molecule has 282 valence electrons. The highest BCUT2D eigenvalue weighted by molar-refractivity contribution is 6.03. The Morgan fingerprint density at radius 1 is 1.04 bits per heavy atom. The molecular weight excluding hydrogens is 695 g/mol. The standard InChI is InChI=1S/C41H44F3N7O3/c1-2-30-33(43)10-7-24-17-29(52)18-31(34(24)30)36-35(44)37-32(19-45-36)38(48-39(47-37)54-23-41(13-14-41)22-49-15-11-25(42)12-16-49)50-20-27-8-9-28(21-50)51(27)40(53)46-26-5-3-4-6-26/h1,7,10,17-19,25-28,52H,3-6,8-9,11-16,20-23H2,(H,46,53). The molecule has 2 saturated carbocycles. The van der Waals surface area contributed by atoms with Crippen LogP contribution >= 0.6 is 0 Å². The molecule has 0 spiro atoms. The van der Waals surface area contributed by atoms with Gasteiger partial charge in [0.25, 0.3) is 0 Å². The molecular formula is C41H44F3N7O3. The van der Waals surface area contributed by atoms with Crippen molar-refractivity contribution < 1.29 is 27.8 Å². The number of carbonyl (C=O) groups excluding carboxylic acids is 1. The molecule has 5 fully saturated rings. The number of alkyl halides is 1. The molecule has 2 aliphatic carbocycles. The number of hydrogen-bond donors (Lipinski definition) is 2. The lowest BCUT2D eigenvalue weighted by Gasteiger charge is -2.42. The molecule has 13 heteroatoms. The maximum atomic E-state index is 17.1. The van der Waals surface area contributed by atoms with Gasteiger partial charge >= 0.3 is 12.0 Å². The van der Waals surface area contributed by atoms with Crippen LogP contribution in [0.1, 0.15) is 69.8 Å². The Morgan fingerprint density at radius 3 is 2.48 bits per heavy atom. The summed E-state index contributed by atoms with van der Waals surface area (Å²) in [5, 5.41) is 15.0. The van der Waals surface area contributed by atoms with Crippen LogP contribution in [-0.4, -0.2) is 99.5 Å². The van der Waals surface area contributed by atoms with Crippen LogP contribution in [0.3, 0.4) is 0 Å². The molecule has 2 atom stereocenters. The van der Waals surface area contributed by atoms with E-state index in [0.717, 1.165) is 57.9 Å². The SMILES string of the molecule is C#Cc1c(F)ccc2cc(O)cc(-c3ncc4c(N5CC6CCC(C5)N6C(=O)NC5CCCC5)nc(OCC5(CN6CCC(F)CC6)CC5)nc4c3F)c12. The number of benzene rings is 2. The van der Waals surface area contributed by atoms with Crippen molar-refractivity contribution in [3.05, 3.63) is 47.7 Å². The van der Waals surface area contributed by atoms with Gasteiger partial charge in [-0.1, -0.05) is 24.8 Å². The van der Waals surface area contributed by atoms with E-state index in [-0.39, 0.29) is 69.1 Å². The van der Waals surface area contributed by atoms with Crippen LogP contribution < -0.4 is 15.0 Å². The summed E-state index contributed by atoms with van der Waals surface area (Å²) >= 11 is 0. The number of likely N-dealkylation sites (tertiary alicyclic amines) is 1. The van der Waals surface area contributed by atoms with Gasteiger partial charge in [-0.3, -0.25) is 4.98 Å². The zero-order valence-corrected chi connectivity index (χ0v) is 30.2. The zero-order valence-electron chi connectivity index (χ0n) is 30.2. The summed E-state index contributed by atoms with van der Waals surface area (Å²) in [6, 6.07) is 5.60. The van der Waals surface area contributed by atoms with Crippen LogP contribution in [0, 0.1) is 29.4 Å². The number of piperazine rings is 1. The van der Waals surface area contributed by atoms with E-state index in [2.05, 4.69) is 31.0 Å². The van der Waals surface area contributed by atoms with Crippen molar-refractivity contribution in [2.24, 2.45) is 5.41 Å². The van der Waals surface area contributed by atoms with Crippen molar-refractivity contribution in [1.29, 1.82) is 0 Å². The fourth-order valence-electron chi connectivity index (χ4n) is 9.27. The van der Waals surface area contributed by atoms with E-state index >= 15 is 4.39 Å². The fraction of sp³-hybridized carbons (Fsp3) is 0.512. The van der Waals surface area contributed by atoms with Gasteiger partial charge in [0.2, 0.25) is 0 Å². The number of amides is 2. The second kappa shape index (κ2) is 13.8. The summed E-state index contributed by atoms with van der Waals surface area (Å²) in [7, 11) is 0. The molecule has 9 rings (SSSR count). The number of phenols is 1. The Bertz CT molecular complexity index is 2150. The molecule has 54 heavy (non-hydrogen) atoms. The minimum Gasteiger partial charge on any atom is -0.508 e. The molecule has 3 aliphatic heterocycles. The minimum absolute atomic E-state index is 0.0189. The summed E-state index contributed by atoms with van der Waals surface area (Å²) in [6.07, 6.45) is 15.4. The predicted octanol–water partition coefficient (Wildman–Crippen LogP) is 6.71. The van der Waals surface area contributed by atoms with Crippen LogP contribution in [0.25, 0.3) is 32.9 Å². The average molecular weight is 740 g/mol. The van der Waals surface area contributed by atoms with Crippen molar-refractivity contribution in [3.63, 3.8) is 0 Å². The number of phenolic OH excluding ortho intramolecular Hbond substituents is 1. The topological polar surface area (TPSA) is 107 Å². The number of fused-ring (bicyclic) bond motifs is 4. The van der Waals surface area contributed by atoms with Gasteiger partial charge in [0.15, 0.2) is 5.82 Å². The first kappa shape index (κ1) is 34.9. The van der Waals surface area contributed by atoms with Gasteiger partial charge in [-0.2, -0.15) is 9.97 Å². The third kappa shape index (κ3) is 6.42. The van der Waals surface area contributed by atoms with Crippen molar-refractivity contribution >= 4 is 33.5 Å². The van der Waals surface area contributed by atoms with Crippen LogP contribution in [0.15, 0.2) is 30.5 Å². The van der Waals surface area contributed by atoms with E-state index in [1.165, 1.54) is 30.5 Å². The maximum absolute atomic E-state index is 17.1. The first-order valence-electron chi connectivity index (χ1n) is 19.3. The van der Waals surface area contributed by atoms with Gasteiger partial charge < -0.3 is 29.9 Å². The van der Waals surface area contributed by atoms with E-state index in [1.807, 2.05) is 4.90 Å². The molecule has 3 saturated heterocycles. The number of aromatic hydroxyl groups is 1. The largest absolute Gasteiger partial charge is 0.508 e.